The molecule has 0 unspecified atom stereocenters. The molecule has 0 bridgehead atoms. The Morgan fingerprint density at radius 2 is 1.79 bits per heavy atom. The van der Waals surface area contributed by atoms with Crippen molar-refractivity contribution < 1.29 is 0 Å². The van der Waals surface area contributed by atoms with Crippen LogP contribution in [0.2, 0.25) is 10.3 Å². The first-order chi connectivity index (χ1) is 9.24. The Bertz CT molecular complexity index is 675. The number of nitrogens with one attached hydrogen (secondary N) is 1. The summed E-state index contributed by atoms with van der Waals surface area (Å²) in [5, 5.41) is 8.75. The quantitative estimate of drug-likeness (QED) is 0.744. The molecule has 2 heterocycles. The van der Waals surface area contributed by atoms with Gasteiger partial charge in [-0.2, -0.15) is 0 Å². The lowest BCUT2D eigenvalue weighted by Crippen LogP contribution is -1.84. The lowest BCUT2D eigenvalue weighted by molar-refractivity contribution is 1.05. The molecule has 3 aromatic rings. The van der Waals surface area contributed by atoms with Crippen LogP contribution in [0.1, 0.15) is 5.56 Å². The molecular weight excluding hydrogens is 303 g/mol. The molecule has 0 spiro atoms. The van der Waals surface area contributed by atoms with Crippen molar-refractivity contribution in [2.24, 2.45) is 0 Å². The highest BCUT2D eigenvalue weighted by Gasteiger charge is 2.12. The van der Waals surface area contributed by atoms with E-state index in [1.165, 1.54) is 5.56 Å². The van der Waals surface area contributed by atoms with Crippen molar-refractivity contribution in [3.8, 4) is 0 Å². The second-order valence-electron chi connectivity index (χ2n) is 3.82. The van der Waals surface area contributed by atoms with E-state index in [4.69, 9.17) is 23.2 Å². The average molecular weight is 311 g/mol. The summed E-state index contributed by atoms with van der Waals surface area (Å²) in [7, 11) is 0. The zero-order chi connectivity index (χ0) is 13.2. The van der Waals surface area contributed by atoms with Gasteiger partial charge in [0.1, 0.15) is 11.0 Å². The maximum absolute atomic E-state index is 5.95. The Morgan fingerprint density at radius 3 is 2.53 bits per heavy atom. The number of halogens is 2. The van der Waals surface area contributed by atoms with E-state index < -0.39 is 0 Å². The van der Waals surface area contributed by atoms with Crippen molar-refractivity contribution in [1.29, 1.82) is 0 Å². The predicted octanol–water partition coefficient (Wildman–Crippen LogP) is 3.95. The fourth-order valence-electron chi connectivity index (χ4n) is 1.63. The molecule has 0 saturated heterocycles. The van der Waals surface area contributed by atoms with Crippen LogP contribution in [-0.2, 0) is 5.75 Å². The van der Waals surface area contributed by atoms with Gasteiger partial charge in [0.25, 0.3) is 0 Å². The fraction of sp³-hybridized carbons (Fsp3) is 0.0833. The first kappa shape index (κ1) is 12.7. The third-order valence-corrected chi connectivity index (χ3v) is 3.99. The smallest absolute Gasteiger partial charge is 0.179 e. The van der Waals surface area contributed by atoms with E-state index in [2.05, 4.69) is 32.3 Å². The molecule has 0 radical (unpaired) electrons. The first-order valence-corrected chi connectivity index (χ1v) is 7.22. The minimum absolute atomic E-state index is 0.252. The van der Waals surface area contributed by atoms with Crippen LogP contribution in [-0.4, -0.2) is 20.2 Å². The molecule has 96 valence electrons. The molecular formula is C12H8Cl2N4S. The summed E-state index contributed by atoms with van der Waals surface area (Å²) in [5.41, 5.74) is 2.40. The SMILES string of the molecule is Clc1nnc(Cl)c2[nH]c(SCc3ccccc3)nc12. The fourth-order valence-corrected chi connectivity index (χ4v) is 2.80. The van der Waals surface area contributed by atoms with E-state index in [0.29, 0.717) is 11.0 Å². The number of aromatic amines is 1. The van der Waals surface area contributed by atoms with Gasteiger partial charge >= 0.3 is 0 Å². The Balaban J connectivity index is 1.86. The highest BCUT2D eigenvalue weighted by molar-refractivity contribution is 7.98. The lowest BCUT2D eigenvalue weighted by atomic mass is 10.2. The molecule has 0 aliphatic rings. The molecule has 7 heteroatoms. The second kappa shape index (κ2) is 5.36. The number of hydrogen-bond acceptors (Lipinski definition) is 4. The van der Waals surface area contributed by atoms with Gasteiger partial charge in [0.2, 0.25) is 0 Å². The molecule has 0 saturated carbocycles. The van der Waals surface area contributed by atoms with Gasteiger partial charge in [0, 0.05) is 5.75 Å². The third-order valence-electron chi connectivity index (χ3n) is 2.53. The molecule has 19 heavy (non-hydrogen) atoms. The van der Waals surface area contributed by atoms with E-state index in [1.54, 1.807) is 11.8 Å². The summed E-state index contributed by atoms with van der Waals surface area (Å²) in [6.45, 7) is 0. The molecule has 1 aromatic carbocycles. The number of H-pyrrole nitrogens is 1. The van der Waals surface area contributed by atoms with E-state index in [9.17, 15) is 0 Å². The Morgan fingerprint density at radius 1 is 1.05 bits per heavy atom. The summed E-state index contributed by atoms with van der Waals surface area (Å²) < 4.78 is 0. The highest BCUT2D eigenvalue weighted by Crippen LogP contribution is 2.28. The minimum Gasteiger partial charge on any atom is -0.330 e. The monoisotopic (exact) mass is 310 g/mol. The maximum Gasteiger partial charge on any atom is 0.179 e. The van der Waals surface area contributed by atoms with Crippen LogP contribution in [0.4, 0.5) is 0 Å². The summed E-state index contributed by atoms with van der Waals surface area (Å²) in [6.07, 6.45) is 0. The average Bonchev–Trinajstić information content (AvgIpc) is 2.87. The van der Waals surface area contributed by atoms with Crippen LogP contribution in [0.5, 0.6) is 0 Å². The van der Waals surface area contributed by atoms with Crippen molar-refractivity contribution in [1.82, 2.24) is 20.2 Å². The van der Waals surface area contributed by atoms with Gasteiger partial charge in [0.15, 0.2) is 15.5 Å². The Hall–Kier alpha value is -1.30. The summed E-state index contributed by atoms with van der Waals surface area (Å²) in [5.74, 6) is 0.816. The highest BCUT2D eigenvalue weighted by atomic mass is 35.5. The van der Waals surface area contributed by atoms with Crippen molar-refractivity contribution in [2.45, 2.75) is 10.9 Å². The summed E-state index contributed by atoms with van der Waals surface area (Å²) in [4.78, 5) is 7.48. The molecule has 0 aliphatic carbocycles. The number of nitrogens with zero attached hydrogens (tertiary/aromatic N) is 3. The van der Waals surface area contributed by atoms with Gasteiger partial charge in [-0.15, -0.1) is 10.2 Å². The molecule has 0 aliphatic heterocycles. The van der Waals surface area contributed by atoms with Gasteiger partial charge in [-0.25, -0.2) is 4.98 Å². The van der Waals surface area contributed by atoms with Crippen LogP contribution < -0.4 is 0 Å². The van der Waals surface area contributed by atoms with Crippen LogP contribution in [0.15, 0.2) is 35.5 Å². The normalized spacial score (nSPS) is 11.1. The summed E-state index contributed by atoms with van der Waals surface area (Å²) >= 11 is 13.5. The zero-order valence-corrected chi connectivity index (χ0v) is 11.9. The maximum atomic E-state index is 5.95. The van der Waals surface area contributed by atoms with Crippen molar-refractivity contribution in [2.75, 3.05) is 0 Å². The van der Waals surface area contributed by atoms with E-state index >= 15 is 0 Å². The van der Waals surface area contributed by atoms with Crippen molar-refractivity contribution in [3.63, 3.8) is 0 Å². The van der Waals surface area contributed by atoms with Gasteiger partial charge in [-0.05, 0) is 5.56 Å². The zero-order valence-electron chi connectivity index (χ0n) is 9.60. The van der Waals surface area contributed by atoms with E-state index in [1.807, 2.05) is 18.2 Å². The van der Waals surface area contributed by atoms with Crippen molar-refractivity contribution >= 4 is 46.0 Å². The number of benzene rings is 1. The minimum atomic E-state index is 0.252. The standard InChI is InChI=1S/C12H8Cl2N4S/c13-10-8-9(11(14)18-17-10)16-12(15-8)19-6-7-4-2-1-3-5-7/h1-5H,6H2,(H,15,16). The van der Waals surface area contributed by atoms with Crippen LogP contribution in [0.3, 0.4) is 0 Å². The van der Waals surface area contributed by atoms with Crippen LogP contribution in [0, 0.1) is 0 Å². The van der Waals surface area contributed by atoms with E-state index in [0.717, 1.165) is 10.9 Å². The molecule has 0 fully saturated rings. The van der Waals surface area contributed by atoms with Gasteiger partial charge < -0.3 is 4.98 Å². The topological polar surface area (TPSA) is 54.5 Å². The van der Waals surface area contributed by atoms with Crippen LogP contribution >= 0.6 is 35.0 Å². The molecule has 1 N–H and O–H groups in total. The number of rotatable bonds is 3. The summed E-state index contributed by atoms with van der Waals surface area (Å²) in [6, 6.07) is 10.1. The van der Waals surface area contributed by atoms with Gasteiger partial charge in [0.05, 0.1) is 0 Å². The number of hydrogen-bond donors (Lipinski definition) is 1. The largest absolute Gasteiger partial charge is 0.330 e. The Labute approximate surface area is 123 Å². The molecule has 0 amide bonds. The number of thioether (sulfide) groups is 1. The number of fused-ring (bicyclic) bond motifs is 1. The number of imidazole rings is 1. The predicted molar refractivity (Wildman–Crippen MR) is 77.7 cm³/mol. The lowest BCUT2D eigenvalue weighted by Gasteiger charge is -1.97. The van der Waals surface area contributed by atoms with Gasteiger partial charge in [-0.1, -0.05) is 65.3 Å². The van der Waals surface area contributed by atoms with Crippen molar-refractivity contribution in [3.05, 3.63) is 46.2 Å². The van der Waals surface area contributed by atoms with Crippen LogP contribution in [0.25, 0.3) is 11.0 Å². The molecule has 2 aromatic heterocycles. The molecule has 0 atom stereocenters. The van der Waals surface area contributed by atoms with E-state index in [-0.39, 0.29) is 10.3 Å². The van der Waals surface area contributed by atoms with Gasteiger partial charge in [-0.3, -0.25) is 0 Å². The Kier molecular flexibility index (Phi) is 3.59. The molecule has 3 rings (SSSR count). The molecule has 4 nitrogen and oxygen atoms in total. The first-order valence-electron chi connectivity index (χ1n) is 5.48. The second-order valence-corrected chi connectivity index (χ2v) is 5.50. The third kappa shape index (κ3) is 2.68. The number of aromatic nitrogens is 4.